The van der Waals surface area contributed by atoms with Gasteiger partial charge in [0.05, 0.1) is 11.8 Å². The molecule has 0 bridgehead atoms. The maximum Gasteiger partial charge on any atom is 0.261 e. The molecule has 2 aromatic rings. The van der Waals surface area contributed by atoms with Crippen molar-refractivity contribution in [1.82, 2.24) is 5.48 Å². The second-order valence-corrected chi connectivity index (χ2v) is 10.5. The topological polar surface area (TPSA) is 125 Å². The highest BCUT2D eigenvalue weighted by Crippen LogP contribution is 2.28. The average molecular weight is 461 g/mol. The summed E-state index contributed by atoms with van der Waals surface area (Å²) in [6, 6.07) is 14.0. The molecule has 9 heteroatoms. The lowest BCUT2D eigenvalue weighted by Crippen LogP contribution is -2.40. The van der Waals surface area contributed by atoms with Crippen molar-refractivity contribution < 1.29 is 28.4 Å². The van der Waals surface area contributed by atoms with Gasteiger partial charge in [0.25, 0.3) is 5.91 Å². The maximum atomic E-state index is 11.9. The molecule has 2 aromatic carbocycles. The molecule has 0 aromatic heterocycles. The fourth-order valence-corrected chi connectivity index (χ4v) is 4.85. The number of rotatable bonds is 8. The van der Waals surface area contributed by atoms with Crippen LogP contribution < -0.4 is 5.48 Å². The molecule has 32 heavy (non-hydrogen) atoms. The number of benzene rings is 2. The number of aryl methyl sites for hydroxylation is 1. The second kappa shape index (κ2) is 9.81. The van der Waals surface area contributed by atoms with E-state index in [0.29, 0.717) is 18.6 Å². The number of amides is 1. The number of aliphatic hydroxyl groups is 1. The number of sulfone groups is 1. The standard InChI is InChI=1S/C23H28N2O6S/c1-14-10-18(8-9-20(14)17-6-4-16(5-7-17)11-15(2)26)21-12-19(31-25-21)13-22(23(27)24-28)32(3,29)30/h4-10,15,19,22,26,28H,11-13H2,1-3H3,(H,24,27)/t15-,19-,22?/m1/s1. The highest BCUT2D eigenvalue weighted by Gasteiger charge is 2.35. The SMILES string of the molecule is Cc1cc(C2=NO[C@@H](CC(C(=O)NO)S(C)(=O)=O)C2)ccc1-c1ccc(C[C@@H](C)O)cc1. The molecule has 8 nitrogen and oxygen atoms in total. The molecule has 3 N–H and O–H groups in total. The smallest absolute Gasteiger partial charge is 0.261 e. The predicted molar refractivity (Wildman–Crippen MR) is 121 cm³/mol. The maximum absolute atomic E-state index is 11.9. The number of aliphatic hydroxyl groups excluding tert-OH is 1. The largest absolute Gasteiger partial charge is 0.393 e. The Labute approximate surface area is 187 Å². The lowest BCUT2D eigenvalue weighted by Gasteiger charge is -2.16. The molecule has 3 atom stereocenters. The Balaban J connectivity index is 1.71. The summed E-state index contributed by atoms with van der Waals surface area (Å²) < 4.78 is 23.8. The molecule has 1 unspecified atom stereocenters. The van der Waals surface area contributed by atoms with Gasteiger partial charge < -0.3 is 9.94 Å². The monoisotopic (exact) mass is 460 g/mol. The van der Waals surface area contributed by atoms with E-state index in [9.17, 15) is 18.3 Å². The molecule has 0 radical (unpaired) electrons. The summed E-state index contributed by atoms with van der Waals surface area (Å²) in [5.41, 5.74) is 7.20. The average Bonchev–Trinajstić information content (AvgIpc) is 3.20. The van der Waals surface area contributed by atoms with Crippen LogP contribution in [-0.2, 0) is 25.9 Å². The number of carbonyl (C=O) groups is 1. The van der Waals surface area contributed by atoms with Gasteiger partial charge in [-0.3, -0.25) is 10.0 Å². The minimum Gasteiger partial charge on any atom is -0.393 e. The Morgan fingerprint density at radius 2 is 1.88 bits per heavy atom. The lowest BCUT2D eigenvalue weighted by atomic mass is 9.94. The molecule has 1 amide bonds. The minimum atomic E-state index is -3.72. The van der Waals surface area contributed by atoms with E-state index in [1.807, 2.05) is 49.4 Å². The summed E-state index contributed by atoms with van der Waals surface area (Å²) in [5.74, 6) is -0.982. The second-order valence-electron chi connectivity index (χ2n) is 8.28. The van der Waals surface area contributed by atoms with Gasteiger partial charge in [0.15, 0.2) is 9.84 Å². The Morgan fingerprint density at radius 1 is 1.22 bits per heavy atom. The number of carbonyl (C=O) groups excluding carboxylic acids is 1. The van der Waals surface area contributed by atoms with E-state index in [1.54, 1.807) is 6.92 Å². The van der Waals surface area contributed by atoms with Crippen LogP contribution in [0.4, 0.5) is 0 Å². The van der Waals surface area contributed by atoms with Crippen LogP contribution in [0.1, 0.15) is 36.5 Å². The van der Waals surface area contributed by atoms with Gasteiger partial charge in [0.2, 0.25) is 0 Å². The van der Waals surface area contributed by atoms with E-state index >= 15 is 0 Å². The first-order valence-corrected chi connectivity index (χ1v) is 12.3. The Morgan fingerprint density at radius 3 is 2.44 bits per heavy atom. The van der Waals surface area contributed by atoms with Crippen LogP contribution in [-0.4, -0.2) is 54.1 Å². The molecule has 1 heterocycles. The van der Waals surface area contributed by atoms with E-state index in [0.717, 1.165) is 34.1 Å². The molecule has 1 aliphatic rings. The normalized spacial score (nSPS) is 17.9. The van der Waals surface area contributed by atoms with Gasteiger partial charge in [-0.15, -0.1) is 0 Å². The van der Waals surface area contributed by atoms with Crippen molar-refractivity contribution in [2.45, 2.75) is 50.6 Å². The molecule has 3 rings (SSSR count). The Hall–Kier alpha value is -2.75. The van der Waals surface area contributed by atoms with Crippen LogP contribution in [0.25, 0.3) is 11.1 Å². The quantitative estimate of drug-likeness (QED) is 0.410. The summed E-state index contributed by atoms with van der Waals surface area (Å²) in [6.07, 6.45) is 0.850. The van der Waals surface area contributed by atoms with Crippen molar-refractivity contribution in [2.24, 2.45) is 5.16 Å². The third kappa shape index (κ3) is 5.73. The molecule has 0 spiro atoms. The zero-order valence-corrected chi connectivity index (χ0v) is 19.1. The molecule has 1 aliphatic heterocycles. The van der Waals surface area contributed by atoms with E-state index in [2.05, 4.69) is 5.16 Å². The van der Waals surface area contributed by atoms with Gasteiger partial charge in [0, 0.05) is 19.1 Å². The van der Waals surface area contributed by atoms with Crippen molar-refractivity contribution >= 4 is 21.5 Å². The number of nitrogens with zero attached hydrogens (tertiary/aromatic N) is 1. The van der Waals surface area contributed by atoms with Crippen molar-refractivity contribution in [3.05, 3.63) is 59.2 Å². The number of hydroxylamine groups is 1. The highest BCUT2D eigenvalue weighted by molar-refractivity contribution is 7.92. The molecule has 0 fully saturated rings. The van der Waals surface area contributed by atoms with Crippen LogP contribution >= 0.6 is 0 Å². The van der Waals surface area contributed by atoms with Crippen LogP contribution in [0.2, 0.25) is 0 Å². The van der Waals surface area contributed by atoms with Crippen LogP contribution in [0.15, 0.2) is 47.6 Å². The Bertz CT molecular complexity index is 1110. The molecule has 0 saturated carbocycles. The van der Waals surface area contributed by atoms with E-state index in [-0.39, 0.29) is 12.5 Å². The summed E-state index contributed by atoms with van der Waals surface area (Å²) in [4.78, 5) is 17.1. The molecule has 0 saturated heterocycles. The highest BCUT2D eigenvalue weighted by atomic mass is 32.2. The fraction of sp³-hybridized carbons (Fsp3) is 0.391. The number of nitrogens with one attached hydrogen (secondary N) is 1. The van der Waals surface area contributed by atoms with E-state index < -0.39 is 27.1 Å². The zero-order chi connectivity index (χ0) is 23.5. The first kappa shape index (κ1) is 23.9. The fourth-order valence-electron chi connectivity index (χ4n) is 3.84. The number of hydrogen-bond donors (Lipinski definition) is 3. The number of oxime groups is 1. The lowest BCUT2D eigenvalue weighted by molar-refractivity contribution is -0.129. The van der Waals surface area contributed by atoms with Crippen molar-refractivity contribution in [1.29, 1.82) is 0 Å². The summed E-state index contributed by atoms with van der Waals surface area (Å²) in [7, 11) is -3.72. The molecular weight excluding hydrogens is 432 g/mol. The van der Waals surface area contributed by atoms with Crippen LogP contribution in [0, 0.1) is 6.92 Å². The third-order valence-corrected chi connectivity index (χ3v) is 6.93. The van der Waals surface area contributed by atoms with Gasteiger partial charge in [0.1, 0.15) is 11.4 Å². The zero-order valence-electron chi connectivity index (χ0n) is 18.3. The van der Waals surface area contributed by atoms with Gasteiger partial charge in [-0.2, -0.15) is 0 Å². The number of hydrogen-bond acceptors (Lipinski definition) is 7. The first-order chi connectivity index (χ1) is 15.1. The summed E-state index contributed by atoms with van der Waals surface area (Å²) in [6.45, 7) is 3.77. The Kier molecular flexibility index (Phi) is 7.33. The summed E-state index contributed by atoms with van der Waals surface area (Å²) >= 11 is 0. The van der Waals surface area contributed by atoms with E-state index in [1.165, 1.54) is 5.48 Å². The molecule has 172 valence electrons. The van der Waals surface area contributed by atoms with Crippen LogP contribution in [0.5, 0.6) is 0 Å². The van der Waals surface area contributed by atoms with Gasteiger partial charge in [-0.1, -0.05) is 41.6 Å². The van der Waals surface area contributed by atoms with Gasteiger partial charge in [-0.25, -0.2) is 13.9 Å². The van der Waals surface area contributed by atoms with Crippen molar-refractivity contribution in [3.63, 3.8) is 0 Å². The minimum absolute atomic E-state index is 0.103. The first-order valence-electron chi connectivity index (χ1n) is 10.3. The van der Waals surface area contributed by atoms with Crippen molar-refractivity contribution in [2.75, 3.05) is 6.26 Å². The van der Waals surface area contributed by atoms with Crippen LogP contribution in [0.3, 0.4) is 0 Å². The summed E-state index contributed by atoms with van der Waals surface area (Å²) in [5, 5.41) is 21.1. The van der Waals surface area contributed by atoms with Gasteiger partial charge in [-0.05, 0) is 54.2 Å². The third-order valence-electron chi connectivity index (χ3n) is 5.49. The predicted octanol–water partition coefficient (Wildman–Crippen LogP) is 2.39. The van der Waals surface area contributed by atoms with Crippen molar-refractivity contribution in [3.8, 4) is 11.1 Å². The van der Waals surface area contributed by atoms with Gasteiger partial charge >= 0.3 is 0 Å². The van der Waals surface area contributed by atoms with E-state index in [4.69, 9.17) is 10.0 Å². The molecule has 0 aliphatic carbocycles. The molecular formula is C23H28N2O6S.